The van der Waals surface area contributed by atoms with Gasteiger partial charge in [-0.3, -0.25) is 9.59 Å². The zero-order valence-electron chi connectivity index (χ0n) is 18.2. The van der Waals surface area contributed by atoms with Gasteiger partial charge in [-0.2, -0.15) is 0 Å². The van der Waals surface area contributed by atoms with Gasteiger partial charge in [0, 0.05) is 26.2 Å². The number of halogens is 1. The summed E-state index contributed by atoms with van der Waals surface area (Å²) in [6.07, 6.45) is -1.05. The molecule has 31 heavy (non-hydrogen) atoms. The molecule has 2 saturated heterocycles. The number of hydrogen-bond acceptors (Lipinski definition) is 6. The number of hydrogen-bond donors (Lipinski definition) is 1. The number of para-hydroxylation sites is 1. The van der Waals surface area contributed by atoms with Crippen molar-refractivity contribution in [2.24, 2.45) is 5.92 Å². The SMILES string of the molecule is CCOC(=O)[C@H]1O[C@@H]1C(=O)N[C@H](C(=O)N1CCN(c2ccccc2Cl)CC1)C(C)CC. The minimum Gasteiger partial charge on any atom is -0.464 e. The number of nitrogens with one attached hydrogen (secondary N) is 1. The fraction of sp³-hybridized carbons (Fsp3) is 0.591. The first-order valence-electron chi connectivity index (χ1n) is 10.8. The monoisotopic (exact) mass is 451 g/mol. The van der Waals surface area contributed by atoms with Crippen LogP contribution in [-0.4, -0.2) is 73.7 Å². The highest BCUT2D eigenvalue weighted by Gasteiger charge is 2.52. The van der Waals surface area contributed by atoms with Gasteiger partial charge in [0.1, 0.15) is 6.04 Å². The Balaban J connectivity index is 1.59. The molecule has 0 aromatic heterocycles. The van der Waals surface area contributed by atoms with E-state index in [1.807, 2.05) is 38.1 Å². The van der Waals surface area contributed by atoms with Gasteiger partial charge in [0.15, 0.2) is 12.2 Å². The molecule has 1 unspecified atom stereocenters. The van der Waals surface area contributed by atoms with Crippen molar-refractivity contribution in [2.45, 2.75) is 45.4 Å². The largest absolute Gasteiger partial charge is 0.464 e. The van der Waals surface area contributed by atoms with E-state index >= 15 is 0 Å². The summed E-state index contributed by atoms with van der Waals surface area (Å²) < 4.78 is 10.1. The normalized spacial score (nSPS) is 22.5. The molecule has 0 spiro atoms. The second-order valence-electron chi connectivity index (χ2n) is 7.86. The summed E-state index contributed by atoms with van der Waals surface area (Å²) in [6, 6.07) is 6.98. The maximum absolute atomic E-state index is 13.2. The Morgan fingerprint density at radius 2 is 1.84 bits per heavy atom. The smallest absolute Gasteiger partial charge is 0.338 e. The molecule has 1 aromatic rings. The molecule has 8 nitrogen and oxygen atoms in total. The molecule has 3 rings (SSSR count). The topological polar surface area (TPSA) is 91.5 Å². The Bertz CT molecular complexity index is 812. The van der Waals surface area contributed by atoms with Crippen molar-refractivity contribution in [1.82, 2.24) is 10.2 Å². The molecule has 2 heterocycles. The van der Waals surface area contributed by atoms with Crippen molar-refractivity contribution >= 4 is 35.1 Å². The molecule has 0 bridgehead atoms. The van der Waals surface area contributed by atoms with E-state index in [-0.39, 0.29) is 18.4 Å². The van der Waals surface area contributed by atoms with Crippen molar-refractivity contribution < 1.29 is 23.9 Å². The van der Waals surface area contributed by atoms with Crippen LogP contribution in [-0.2, 0) is 23.9 Å². The van der Waals surface area contributed by atoms with E-state index in [1.54, 1.807) is 11.8 Å². The summed E-state index contributed by atoms with van der Waals surface area (Å²) in [7, 11) is 0. The number of esters is 1. The molecular formula is C22H30ClN3O5. The molecule has 2 aliphatic rings. The molecule has 170 valence electrons. The molecule has 9 heteroatoms. The number of carbonyl (C=O) groups excluding carboxylic acids is 3. The highest BCUT2D eigenvalue weighted by Crippen LogP contribution is 2.27. The van der Waals surface area contributed by atoms with E-state index in [1.165, 1.54) is 0 Å². The lowest BCUT2D eigenvalue weighted by molar-refractivity contribution is -0.144. The Morgan fingerprint density at radius 1 is 1.16 bits per heavy atom. The predicted molar refractivity (Wildman–Crippen MR) is 117 cm³/mol. The van der Waals surface area contributed by atoms with Gasteiger partial charge in [0.05, 0.1) is 17.3 Å². The number of nitrogens with zero attached hydrogens (tertiary/aromatic N) is 2. The first-order chi connectivity index (χ1) is 14.9. The molecule has 4 atom stereocenters. The number of rotatable bonds is 8. The fourth-order valence-electron chi connectivity index (χ4n) is 3.71. The van der Waals surface area contributed by atoms with Gasteiger partial charge in [-0.15, -0.1) is 0 Å². The molecular weight excluding hydrogens is 422 g/mol. The first-order valence-corrected chi connectivity index (χ1v) is 11.2. The summed E-state index contributed by atoms with van der Waals surface area (Å²) in [5.41, 5.74) is 0.957. The summed E-state index contributed by atoms with van der Waals surface area (Å²) in [5, 5.41) is 3.50. The van der Waals surface area contributed by atoms with Gasteiger partial charge in [-0.05, 0) is 25.0 Å². The van der Waals surface area contributed by atoms with Crippen LogP contribution in [0.5, 0.6) is 0 Å². The van der Waals surface area contributed by atoms with Crippen LogP contribution in [0.25, 0.3) is 0 Å². The van der Waals surface area contributed by atoms with Crippen LogP contribution in [0.3, 0.4) is 0 Å². The van der Waals surface area contributed by atoms with Crippen LogP contribution >= 0.6 is 11.6 Å². The Morgan fingerprint density at radius 3 is 2.45 bits per heavy atom. The predicted octanol–water partition coefficient (Wildman–Crippen LogP) is 1.85. The molecule has 0 radical (unpaired) electrons. The van der Waals surface area contributed by atoms with Crippen molar-refractivity contribution in [3.05, 3.63) is 29.3 Å². The van der Waals surface area contributed by atoms with E-state index < -0.39 is 30.1 Å². The highest BCUT2D eigenvalue weighted by molar-refractivity contribution is 6.33. The standard InChI is InChI=1S/C22H30ClN3O5/c1-4-14(3)17(24-20(27)18-19(31-18)22(29)30-5-2)21(28)26-12-10-25(11-13-26)16-9-7-6-8-15(16)23/h6-9,14,17-19H,4-5,10-13H2,1-3H3,(H,24,27)/t14?,17-,18-,19-/m0/s1. The second-order valence-corrected chi connectivity index (χ2v) is 8.27. The number of epoxide rings is 1. The first kappa shape index (κ1) is 23.3. The van der Waals surface area contributed by atoms with Crippen molar-refractivity contribution in [3.8, 4) is 0 Å². The maximum atomic E-state index is 13.2. The van der Waals surface area contributed by atoms with E-state index in [9.17, 15) is 14.4 Å². The Hall–Kier alpha value is -2.32. The van der Waals surface area contributed by atoms with Gasteiger partial charge < -0.3 is 24.6 Å². The van der Waals surface area contributed by atoms with Gasteiger partial charge >= 0.3 is 5.97 Å². The number of amides is 2. The zero-order valence-corrected chi connectivity index (χ0v) is 18.9. The summed E-state index contributed by atoms with van der Waals surface area (Å²) in [5.74, 6) is -1.18. The summed E-state index contributed by atoms with van der Waals surface area (Å²) in [6.45, 7) is 8.22. The van der Waals surface area contributed by atoms with Crippen molar-refractivity contribution in [2.75, 3.05) is 37.7 Å². The van der Waals surface area contributed by atoms with Gasteiger partial charge in [-0.25, -0.2) is 4.79 Å². The van der Waals surface area contributed by atoms with Crippen LogP contribution in [0.15, 0.2) is 24.3 Å². The molecule has 2 amide bonds. The molecule has 0 saturated carbocycles. The van der Waals surface area contributed by atoms with E-state index in [4.69, 9.17) is 21.1 Å². The number of piperazine rings is 1. The number of benzene rings is 1. The zero-order chi connectivity index (χ0) is 22.5. The maximum Gasteiger partial charge on any atom is 0.338 e. The number of ether oxygens (including phenoxy) is 2. The van der Waals surface area contributed by atoms with Gasteiger partial charge in [-0.1, -0.05) is 44.0 Å². The average Bonchev–Trinajstić information content (AvgIpc) is 3.58. The molecule has 2 fully saturated rings. The lowest BCUT2D eigenvalue weighted by atomic mass is 9.97. The number of anilines is 1. The third kappa shape index (κ3) is 5.49. The molecule has 1 N–H and O–H groups in total. The van der Waals surface area contributed by atoms with Crippen LogP contribution in [0, 0.1) is 5.92 Å². The quantitative estimate of drug-likeness (QED) is 0.479. The molecule has 1 aromatic carbocycles. The minimum absolute atomic E-state index is 0.0576. The van der Waals surface area contributed by atoms with Crippen molar-refractivity contribution in [1.29, 1.82) is 0 Å². The Kier molecular flexibility index (Phi) is 7.78. The summed E-state index contributed by atoms with van der Waals surface area (Å²) >= 11 is 6.30. The van der Waals surface area contributed by atoms with Gasteiger partial charge in [0.25, 0.3) is 5.91 Å². The lowest BCUT2D eigenvalue weighted by Gasteiger charge is -2.38. The van der Waals surface area contributed by atoms with Crippen LogP contribution in [0.4, 0.5) is 5.69 Å². The molecule has 2 aliphatic heterocycles. The third-order valence-corrected chi connectivity index (χ3v) is 6.15. The van der Waals surface area contributed by atoms with E-state index in [2.05, 4.69) is 10.2 Å². The van der Waals surface area contributed by atoms with E-state index in [0.717, 1.165) is 12.1 Å². The summed E-state index contributed by atoms with van der Waals surface area (Å²) in [4.78, 5) is 41.5. The third-order valence-electron chi connectivity index (χ3n) is 5.83. The van der Waals surface area contributed by atoms with Crippen molar-refractivity contribution in [3.63, 3.8) is 0 Å². The van der Waals surface area contributed by atoms with Gasteiger partial charge in [0.2, 0.25) is 5.91 Å². The second kappa shape index (κ2) is 10.3. The fourth-order valence-corrected chi connectivity index (χ4v) is 3.96. The van der Waals surface area contributed by atoms with Crippen LogP contribution in [0.2, 0.25) is 5.02 Å². The number of carbonyl (C=O) groups is 3. The Labute approximate surface area is 187 Å². The van der Waals surface area contributed by atoms with Crippen LogP contribution in [0.1, 0.15) is 27.2 Å². The minimum atomic E-state index is -0.893. The highest BCUT2D eigenvalue weighted by atomic mass is 35.5. The average molecular weight is 452 g/mol. The lowest BCUT2D eigenvalue weighted by Crippen LogP contribution is -2.57. The molecule has 0 aliphatic carbocycles. The van der Waals surface area contributed by atoms with E-state index in [0.29, 0.717) is 31.2 Å². The van der Waals surface area contributed by atoms with Crippen LogP contribution < -0.4 is 10.2 Å².